The van der Waals surface area contributed by atoms with E-state index in [0.717, 1.165) is 5.82 Å². The molecule has 2 rings (SSSR count). The van der Waals surface area contributed by atoms with Gasteiger partial charge >= 0.3 is 5.97 Å². The molecule has 84 valence electrons. The number of imidazole rings is 1. The molecule has 6 nitrogen and oxygen atoms in total. The van der Waals surface area contributed by atoms with Gasteiger partial charge in [-0.3, -0.25) is 0 Å². The van der Waals surface area contributed by atoms with E-state index in [4.69, 9.17) is 9.52 Å². The molecule has 0 atom stereocenters. The fourth-order valence-corrected chi connectivity index (χ4v) is 1.28. The minimum Gasteiger partial charge on any atom is -0.475 e. The van der Waals surface area contributed by atoms with Crippen LogP contribution in [0.15, 0.2) is 28.9 Å². The van der Waals surface area contributed by atoms with Crippen molar-refractivity contribution in [2.24, 2.45) is 7.05 Å². The number of carboxylic acid groups (broad SMARTS) is 1. The molecular weight excluding hydrogens is 210 g/mol. The number of anilines is 1. The third-order valence-electron chi connectivity index (χ3n) is 2.16. The summed E-state index contributed by atoms with van der Waals surface area (Å²) in [5.41, 5.74) is 0. The van der Waals surface area contributed by atoms with Gasteiger partial charge in [-0.1, -0.05) is 0 Å². The van der Waals surface area contributed by atoms with Gasteiger partial charge in [0.2, 0.25) is 5.76 Å². The summed E-state index contributed by atoms with van der Waals surface area (Å²) in [6.07, 6.45) is 3.53. The van der Waals surface area contributed by atoms with Crippen LogP contribution in [0.2, 0.25) is 0 Å². The molecule has 0 saturated carbocycles. The lowest BCUT2D eigenvalue weighted by Crippen LogP contribution is -2.04. The fraction of sp³-hybridized carbons (Fsp3) is 0.200. The molecule has 0 amide bonds. The van der Waals surface area contributed by atoms with Gasteiger partial charge in [-0.15, -0.1) is 0 Å². The zero-order valence-corrected chi connectivity index (χ0v) is 8.67. The average molecular weight is 221 g/mol. The second-order valence-electron chi connectivity index (χ2n) is 3.28. The van der Waals surface area contributed by atoms with Crippen LogP contribution >= 0.6 is 0 Å². The highest BCUT2D eigenvalue weighted by Crippen LogP contribution is 2.13. The Morgan fingerprint density at radius 3 is 3.00 bits per heavy atom. The van der Waals surface area contributed by atoms with Crippen molar-refractivity contribution < 1.29 is 14.3 Å². The third kappa shape index (κ3) is 2.05. The summed E-state index contributed by atoms with van der Waals surface area (Å²) in [6, 6.07) is 2.98. The quantitative estimate of drug-likeness (QED) is 0.813. The zero-order valence-electron chi connectivity index (χ0n) is 8.67. The summed E-state index contributed by atoms with van der Waals surface area (Å²) < 4.78 is 6.90. The molecule has 2 N–H and O–H groups in total. The normalized spacial score (nSPS) is 10.3. The Morgan fingerprint density at radius 2 is 2.44 bits per heavy atom. The number of furan rings is 1. The van der Waals surface area contributed by atoms with Gasteiger partial charge in [0, 0.05) is 25.5 Å². The van der Waals surface area contributed by atoms with Crippen molar-refractivity contribution in [2.75, 3.05) is 5.32 Å². The highest BCUT2D eigenvalue weighted by molar-refractivity contribution is 5.84. The Hall–Kier alpha value is -2.24. The maximum atomic E-state index is 10.6. The van der Waals surface area contributed by atoms with Crippen LogP contribution in [0, 0.1) is 0 Å². The average Bonchev–Trinajstić information content (AvgIpc) is 2.83. The molecule has 2 aromatic rings. The zero-order chi connectivity index (χ0) is 11.5. The van der Waals surface area contributed by atoms with Crippen molar-refractivity contribution in [2.45, 2.75) is 6.54 Å². The molecule has 16 heavy (non-hydrogen) atoms. The van der Waals surface area contributed by atoms with E-state index in [0.29, 0.717) is 12.4 Å². The minimum atomic E-state index is -1.08. The summed E-state index contributed by atoms with van der Waals surface area (Å²) in [7, 11) is 1.88. The van der Waals surface area contributed by atoms with Gasteiger partial charge in [-0.05, 0) is 6.07 Å². The summed E-state index contributed by atoms with van der Waals surface area (Å²) in [5, 5.41) is 11.6. The third-order valence-corrected chi connectivity index (χ3v) is 2.16. The number of carbonyl (C=O) groups is 1. The maximum Gasteiger partial charge on any atom is 0.371 e. The number of aromatic carboxylic acids is 1. The molecule has 0 aliphatic rings. The van der Waals surface area contributed by atoms with Gasteiger partial charge in [0.25, 0.3) is 0 Å². The maximum absolute atomic E-state index is 10.6. The largest absolute Gasteiger partial charge is 0.475 e. The second kappa shape index (κ2) is 4.09. The van der Waals surface area contributed by atoms with Crippen molar-refractivity contribution in [3.63, 3.8) is 0 Å². The number of hydrogen-bond acceptors (Lipinski definition) is 4. The lowest BCUT2D eigenvalue weighted by Gasteiger charge is -2.02. The van der Waals surface area contributed by atoms with Crippen LogP contribution in [0.5, 0.6) is 0 Å². The van der Waals surface area contributed by atoms with E-state index in [1.165, 1.54) is 6.07 Å². The number of aryl methyl sites for hydroxylation is 1. The van der Waals surface area contributed by atoms with Crippen LogP contribution in [0.1, 0.15) is 16.4 Å². The van der Waals surface area contributed by atoms with Gasteiger partial charge in [-0.25, -0.2) is 9.78 Å². The molecule has 6 heteroatoms. The van der Waals surface area contributed by atoms with Crippen molar-refractivity contribution >= 4 is 11.9 Å². The molecule has 0 spiro atoms. The highest BCUT2D eigenvalue weighted by Gasteiger charge is 2.08. The van der Waals surface area contributed by atoms with Crippen LogP contribution in [-0.4, -0.2) is 20.6 Å². The Morgan fingerprint density at radius 1 is 1.62 bits per heavy atom. The van der Waals surface area contributed by atoms with Crippen LogP contribution in [0.4, 0.5) is 5.88 Å². The number of nitrogens with zero attached hydrogens (tertiary/aromatic N) is 2. The smallest absolute Gasteiger partial charge is 0.371 e. The standard InChI is InChI=1S/C10H11N3O3/c1-13-5-4-11-8(13)6-12-9-3-2-7(16-9)10(14)15/h2-5,12H,6H2,1H3,(H,14,15). The van der Waals surface area contributed by atoms with Crippen molar-refractivity contribution in [3.05, 3.63) is 36.1 Å². The predicted molar refractivity (Wildman–Crippen MR) is 56.2 cm³/mol. The van der Waals surface area contributed by atoms with Crippen molar-refractivity contribution in [1.29, 1.82) is 0 Å². The number of hydrogen-bond donors (Lipinski definition) is 2. The Balaban J connectivity index is 2.00. The summed E-state index contributed by atoms with van der Waals surface area (Å²) in [5.74, 6) is 0.0982. The first-order valence-electron chi connectivity index (χ1n) is 4.70. The Bertz CT molecular complexity index is 501. The lowest BCUT2D eigenvalue weighted by molar-refractivity contribution is 0.0663. The summed E-state index contributed by atoms with van der Waals surface area (Å²) >= 11 is 0. The molecule has 2 heterocycles. The molecule has 2 aromatic heterocycles. The molecule has 0 aromatic carbocycles. The van der Waals surface area contributed by atoms with Crippen molar-refractivity contribution in [3.8, 4) is 0 Å². The first-order chi connectivity index (χ1) is 7.66. The van der Waals surface area contributed by atoms with E-state index >= 15 is 0 Å². The SMILES string of the molecule is Cn1ccnc1CNc1ccc(C(=O)O)o1. The molecule has 0 saturated heterocycles. The van der Waals surface area contributed by atoms with E-state index < -0.39 is 5.97 Å². The van der Waals surface area contributed by atoms with E-state index in [9.17, 15) is 4.79 Å². The monoisotopic (exact) mass is 221 g/mol. The van der Waals surface area contributed by atoms with Gasteiger partial charge in [0.05, 0.1) is 6.54 Å². The highest BCUT2D eigenvalue weighted by atomic mass is 16.4. The van der Waals surface area contributed by atoms with Gasteiger partial charge in [0.15, 0.2) is 5.88 Å². The molecule has 0 aliphatic heterocycles. The van der Waals surface area contributed by atoms with E-state index in [-0.39, 0.29) is 5.76 Å². The predicted octanol–water partition coefficient (Wildman–Crippen LogP) is 1.32. The molecule has 0 aliphatic carbocycles. The van der Waals surface area contributed by atoms with E-state index in [1.807, 2.05) is 17.8 Å². The van der Waals surface area contributed by atoms with Crippen LogP contribution in [0.25, 0.3) is 0 Å². The molecule has 0 bridgehead atoms. The van der Waals surface area contributed by atoms with Gasteiger partial charge in [-0.2, -0.15) is 0 Å². The van der Waals surface area contributed by atoms with E-state index in [1.54, 1.807) is 12.3 Å². The van der Waals surface area contributed by atoms with Gasteiger partial charge < -0.3 is 19.4 Å². The number of aromatic nitrogens is 2. The van der Waals surface area contributed by atoms with Crippen LogP contribution in [0.3, 0.4) is 0 Å². The topological polar surface area (TPSA) is 80.3 Å². The first-order valence-corrected chi connectivity index (χ1v) is 4.70. The Labute approximate surface area is 91.5 Å². The number of rotatable bonds is 4. The molecule has 0 fully saturated rings. The second-order valence-corrected chi connectivity index (χ2v) is 3.28. The number of nitrogens with one attached hydrogen (secondary N) is 1. The fourth-order valence-electron chi connectivity index (χ4n) is 1.28. The van der Waals surface area contributed by atoms with Crippen LogP contribution in [-0.2, 0) is 13.6 Å². The first kappa shape index (κ1) is 10.3. The molecular formula is C10H11N3O3. The van der Waals surface area contributed by atoms with E-state index in [2.05, 4.69) is 10.3 Å². The minimum absolute atomic E-state index is 0.0812. The van der Waals surface area contributed by atoms with Crippen molar-refractivity contribution in [1.82, 2.24) is 9.55 Å². The summed E-state index contributed by atoms with van der Waals surface area (Å²) in [6.45, 7) is 0.482. The lowest BCUT2D eigenvalue weighted by atomic mass is 10.4. The molecule has 0 unspecified atom stereocenters. The number of carboxylic acids is 1. The molecule has 0 radical (unpaired) electrons. The summed E-state index contributed by atoms with van der Waals surface area (Å²) in [4.78, 5) is 14.7. The van der Waals surface area contributed by atoms with Gasteiger partial charge in [0.1, 0.15) is 5.82 Å². The Kier molecular flexibility index (Phi) is 2.63. The van der Waals surface area contributed by atoms with Crippen LogP contribution < -0.4 is 5.32 Å².